The van der Waals surface area contributed by atoms with Gasteiger partial charge in [0.2, 0.25) is 0 Å². The number of benzene rings is 4. The third kappa shape index (κ3) is 5.24. The van der Waals surface area contributed by atoms with Crippen LogP contribution in [-0.4, -0.2) is 27.1 Å². The van der Waals surface area contributed by atoms with E-state index >= 15 is 0 Å². The van der Waals surface area contributed by atoms with Crippen LogP contribution in [0.15, 0.2) is 77.9 Å². The van der Waals surface area contributed by atoms with Gasteiger partial charge >= 0.3 is 21.1 Å². The van der Waals surface area contributed by atoms with Gasteiger partial charge in [0.1, 0.15) is 12.0 Å². The number of aliphatic imine (C=N–C) groups is 1. The third-order valence-electron chi connectivity index (χ3n) is 9.98. The zero-order valence-corrected chi connectivity index (χ0v) is 31.1. The van der Waals surface area contributed by atoms with Gasteiger partial charge in [0.25, 0.3) is 0 Å². The number of aromatic nitrogens is 2. The number of fused-ring (bicyclic) bond motifs is 5. The van der Waals surface area contributed by atoms with E-state index in [0.29, 0.717) is 12.3 Å². The molecule has 0 N–H and O–H groups in total. The Labute approximate surface area is 301 Å². The van der Waals surface area contributed by atoms with E-state index in [2.05, 4.69) is 119 Å². The summed E-state index contributed by atoms with van der Waals surface area (Å²) in [6.45, 7) is 16.8. The fourth-order valence-electron chi connectivity index (χ4n) is 7.41. The number of hydrogen-bond donors (Lipinski definition) is 0. The summed E-state index contributed by atoms with van der Waals surface area (Å²) in [5.74, 6) is 0.450. The molecular weight excluding hydrogens is 770 g/mol. The van der Waals surface area contributed by atoms with Gasteiger partial charge in [-0.25, -0.2) is 0 Å². The van der Waals surface area contributed by atoms with Crippen LogP contribution in [0.4, 0.5) is 0 Å². The monoisotopic (exact) mass is 812 g/mol. The van der Waals surface area contributed by atoms with Crippen molar-refractivity contribution in [2.45, 2.75) is 85.2 Å². The van der Waals surface area contributed by atoms with Crippen LogP contribution in [0.25, 0.3) is 38.8 Å². The minimum atomic E-state index is -1.71. The summed E-state index contributed by atoms with van der Waals surface area (Å²) in [6, 6.07) is 30.8. The first-order chi connectivity index (χ1) is 23.2. The minimum Gasteiger partial charge on any atom is -0.514 e. The Morgan fingerprint density at radius 2 is 1.71 bits per heavy atom. The van der Waals surface area contributed by atoms with Gasteiger partial charge in [0.05, 0.1) is 5.54 Å². The van der Waals surface area contributed by atoms with Crippen molar-refractivity contribution < 1.29 is 28.5 Å². The number of hydrogen-bond acceptors (Lipinski definition) is 3. The smallest absolute Gasteiger partial charge is 0.514 e. The third-order valence-corrected chi connectivity index (χ3v) is 9.98. The van der Waals surface area contributed by atoms with E-state index in [1.165, 1.54) is 5.56 Å². The molecule has 4 aromatic carbocycles. The second kappa shape index (κ2) is 11.6. The topological polar surface area (TPSA) is 39.4 Å². The molecule has 0 radical (unpaired) electrons. The molecule has 1 aliphatic carbocycles. The molecule has 2 atom stereocenters. The second-order valence-electron chi connectivity index (χ2n) is 14.6. The number of ether oxygens (including phenoxy) is 1. The Morgan fingerprint density at radius 1 is 0.917 bits per heavy atom. The van der Waals surface area contributed by atoms with Crippen molar-refractivity contribution >= 4 is 27.7 Å². The SMILES string of the molecule is [2H]C1([2H])c2cc(C)cc(C)c2C[C@@H]2OC(c3[c-]c(-n4c5[c-]c(-c6cc(C(C)(C)C)ccn6)ccc5c5ccccc54)c(C)cc3C)=N[C@]21C.[Pt+2]. The Morgan fingerprint density at radius 3 is 2.50 bits per heavy atom. The quantitative estimate of drug-likeness (QED) is 0.167. The van der Waals surface area contributed by atoms with E-state index < -0.39 is 18.0 Å². The van der Waals surface area contributed by atoms with Crippen molar-refractivity contribution in [1.29, 1.82) is 0 Å². The van der Waals surface area contributed by atoms with E-state index in [9.17, 15) is 2.74 Å². The zero-order valence-electron chi connectivity index (χ0n) is 30.8. The second-order valence-corrected chi connectivity index (χ2v) is 14.6. The first kappa shape index (κ1) is 30.1. The van der Waals surface area contributed by atoms with Gasteiger partial charge in [-0.2, -0.15) is 0 Å². The molecule has 1 aliphatic heterocycles. The normalized spacial score (nSPS) is 20.3. The van der Waals surface area contributed by atoms with Crippen molar-refractivity contribution in [3.8, 4) is 16.9 Å². The van der Waals surface area contributed by atoms with Crippen LogP contribution in [0.1, 0.15) is 74.9 Å². The molecule has 6 aromatic rings. The van der Waals surface area contributed by atoms with Crippen molar-refractivity contribution in [3.05, 3.63) is 130 Å². The van der Waals surface area contributed by atoms with E-state index in [1.807, 2.05) is 26.1 Å². The van der Waals surface area contributed by atoms with E-state index in [-0.39, 0.29) is 26.5 Å². The summed E-state index contributed by atoms with van der Waals surface area (Å²) in [6.07, 6.45) is 0.362. The average Bonchev–Trinajstić information content (AvgIpc) is 3.57. The molecule has 0 fully saturated rings. The van der Waals surface area contributed by atoms with E-state index in [0.717, 1.165) is 77.7 Å². The van der Waals surface area contributed by atoms with Gasteiger partial charge in [-0.1, -0.05) is 87.5 Å². The molecule has 8 rings (SSSR count). The first-order valence-electron chi connectivity index (χ1n) is 17.5. The van der Waals surface area contributed by atoms with Crippen LogP contribution in [0, 0.1) is 39.8 Å². The number of aryl methyl sites for hydroxylation is 4. The number of rotatable bonds is 3. The fraction of sp³-hybridized carbons (Fsp3) is 0.302. The molecular formula is C43H41N3OPt. The molecule has 0 bridgehead atoms. The molecule has 2 aromatic heterocycles. The van der Waals surface area contributed by atoms with Crippen molar-refractivity contribution in [3.63, 3.8) is 0 Å². The van der Waals surface area contributed by atoms with Crippen molar-refractivity contribution in [2.24, 2.45) is 4.99 Å². The number of nitrogens with zero attached hydrogens (tertiary/aromatic N) is 3. The standard InChI is InChI=1S/C43H41N3O.Pt/c1-25-17-26(2)34-23-40-43(8,24-30(34)18-25)45-41(47-40)35-22-38(28(4)19-27(35)3)46-37-12-10-9-11-32(37)33-14-13-29(20-39(33)46)36-21-31(15-16-44-36)42(5,6)7;/h9-19,21,40H,23-24H2,1-8H3;/q-2;+2/t40-,43-;/m0./s1/i24D2;. The molecule has 4 nitrogen and oxygen atoms in total. The van der Waals surface area contributed by atoms with E-state index in [4.69, 9.17) is 14.7 Å². The molecule has 0 spiro atoms. The fourth-order valence-corrected chi connectivity index (χ4v) is 7.41. The molecule has 2 aliphatic rings. The van der Waals surface area contributed by atoms with Crippen LogP contribution in [-0.2, 0) is 44.0 Å². The maximum Gasteiger partial charge on any atom is 2.00 e. The summed E-state index contributed by atoms with van der Waals surface area (Å²) < 4.78 is 27.7. The molecule has 48 heavy (non-hydrogen) atoms. The zero-order chi connectivity index (χ0) is 34.6. The predicted octanol–water partition coefficient (Wildman–Crippen LogP) is 9.68. The summed E-state index contributed by atoms with van der Waals surface area (Å²) >= 11 is 0. The van der Waals surface area contributed by atoms with Gasteiger partial charge < -0.3 is 14.3 Å². The Kier molecular flexibility index (Phi) is 7.24. The first-order valence-corrected chi connectivity index (χ1v) is 16.5. The molecule has 0 saturated carbocycles. The van der Waals surface area contributed by atoms with Crippen LogP contribution >= 0.6 is 0 Å². The Hall–Kier alpha value is -4.01. The van der Waals surface area contributed by atoms with Crippen LogP contribution < -0.4 is 0 Å². The molecule has 0 unspecified atom stereocenters. The minimum absolute atomic E-state index is 0. The summed E-state index contributed by atoms with van der Waals surface area (Å²) in [7, 11) is 0. The largest absolute Gasteiger partial charge is 2.00 e. The van der Waals surface area contributed by atoms with Gasteiger partial charge in [-0.3, -0.25) is 4.99 Å². The molecule has 0 amide bonds. The summed E-state index contributed by atoms with van der Waals surface area (Å²) in [4.78, 5) is 9.85. The molecule has 0 saturated heterocycles. The molecule has 3 heterocycles. The molecule has 244 valence electrons. The van der Waals surface area contributed by atoms with Gasteiger partial charge in [0, 0.05) is 27.2 Å². The van der Waals surface area contributed by atoms with Crippen LogP contribution in [0.5, 0.6) is 0 Å². The maximum atomic E-state index is 9.40. The van der Waals surface area contributed by atoms with E-state index in [1.54, 1.807) is 0 Å². The Balaban J connectivity index is 0.00000392. The van der Waals surface area contributed by atoms with Gasteiger partial charge in [-0.15, -0.1) is 47.0 Å². The summed E-state index contributed by atoms with van der Waals surface area (Å²) in [5, 5.41) is 2.24. The van der Waals surface area contributed by atoms with Crippen LogP contribution in [0.3, 0.4) is 0 Å². The maximum absolute atomic E-state index is 9.40. The summed E-state index contributed by atoms with van der Waals surface area (Å²) in [5.41, 5.74) is 11.6. The van der Waals surface area contributed by atoms with Crippen molar-refractivity contribution in [1.82, 2.24) is 9.55 Å². The van der Waals surface area contributed by atoms with Crippen molar-refractivity contribution in [2.75, 3.05) is 0 Å². The van der Waals surface area contributed by atoms with Gasteiger partial charge in [0.15, 0.2) is 0 Å². The molecule has 5 heteroatoms. The average molecular weight is 813 g/mol. The van der Waals surface area contributed by atoms with Gasteiger partial charge in [-0.05, 0) is 82.9 Å². The number of pyridine rings is 1. The predicted molar refractivity (Wildman–Crippen MR) is 193 cm³/mol. The van der Waals surface area contributed by atoms with Crippen LogP contribution in [0.2, 0.25) is 0 Å². The Bertz CT molecular complexity index is 2380. The number of para-hydroxylation sites is 1.